The molecule has 0 aromatic carbocycles. The van der Waals surface area contributed by atoms with E-state index >= 15 is 0 Å². The average molecular weight is 501 g/mol. The minimum absolute atomic E-state index is 0. The molecule has 154 valence electrons. The highest BCUT2D eigenvalue weighted by molar-refractivity contribution is 14.0. The van der Waals surface area contributed by atoms with Crippen molar-refractivity contribution in [1.82, 2.24) is 20.5 Å². The molecule has 0 aliphatic carbocycles. The van der Waals surface area contributed by atoms with Gasteiger partial charge in [-0.2, -0.15) is 13.2 Å². The van der Waals surface area contributed by atoms with Gasteiger partial charge in [-0.1, -0.05) is 6.92 Å². The molecule has 2 heterocycles. The van der Waals surface area contributed by atoms with Crippen molar-refractivity contribution < 1.29 is 17.9 Å². The van der Waals surface area contributed by atoms with E-state index in [2.05, 4.69) is 37.2 Å². The summed E-state index contributed by atoms with van der Waals surface area (Å²) in [7, 11) is 1.69. The molecule has 0 bridgehead atoms. The first-order valence-electron chi connectivity index (χ1n) is 8.74. The summed E-state index contributed by atoms with van der Waals surface area (Å²) in [5, 5.41) is 6.46. The van der Waals surface area contributed by atoms with Gasteiger partial charge < -0.3 is 15.4 Å². The van der Waals surface area contributed by atoms with E-state index < -0.39 is 12.8 Å². The summed E-state index contributed by atoms with van der Waals surface area (Å²) in [5.74, 6) is 0.608. The van der Waals surface area contributed by atoms with Crippen LogP contribution in [0.3, 0.4) is 0 Å². The molecule has 0 radical (unpaired) electrons. The fraction of sp³-hybridized carbons (Fsp3) is 0.647. The van der Waals surface area contributed by atoms with Crippen molar-refractivity contribution in [2.24, 2.45) is 4.99 Å². The summed E-state index contributed by atoms with van der Waals surface area (Å²) >= 11 is 0. The zero-order valence-electron chi connectivity index (χ0n) is 15.6. The first-order chi connectivity index (χ1) is 12.4. The largest absolute Gasteiger partial charge is 0.468 e. The molecule has 10 heteroatoms. The fourth-order valence-electron chi connectivity index (χ4n) is 2.96. The van der Waals surface area contributed by atoms with Crippen LogP contribution in [-0.4, -0.2) is 61.4 Å². The molecule has 0 spiro atoms. The van der Waals surface area contributed by atoms with Gasteiger partial charge in [0.25, 0.3) is 0 Å². The topological polar surface area (TPSA) is 61.8 Å². The highest BCUT2D eigenvalue weighted by Crippen LogP contribution is 2.18. The van der Waals surface area contributed by atoms with Crippen molar-refractivity contribution >= 4 is 29.9 Å². The third-order valence-electron chi connectivity index (χ3n) is 4.28. The number of likely N-dealkylation sites (tertiary alicyclic amines) is 1. The number of nitrogens with zero attached hydrogens (tertiary/aromatic N) is 3. The minimum atomic E-state index is -4.38. The molecule has 1 unspecified atom stereocenters. The molecular weight excluding hydrogens is 474 g/mol. The number of hydrogen-bond donors (Lipinski definition) is 2. The Hall–Kier alpha value is -1.30. The maximum Gasteiger partial charge on any atom is 0.422 e. The van der Waals surface area contributed by atoms with E-state index in [1.165, 1.54) is 25.1 Å². The zero-order chi connectivity index (χ0) is 19.0. The Morgan fingerprint density at radius 2 is 2.19 bits per heavy atom. The van der Waals surface area contributed by atoms with E-state index in [9.17, 15) is 13.2 Å². The monoisotopic (exact) mass is 501 g/mol. The molecule has 1 saturated heterocycles. The number of halogens is 4. The van der Waals surface area contributed by atoms with Crippen molar-refractivity contribution in [2.75, 3.05) is 33.3 Å². The van der Waals surface area contributed by atoms with Crippen molar-refractivity contribution in [3.8, 4) is 5.88 Å². The number of likely N-dealkylation sites (N-methyl/N-ethyl adjacent to an activating group) is 1. The van der Waals surface area contributed by atoms with Crippen LogP contribution in [0.5, 0.6) is 5.88 Å². The van der Waals surface area contributed by atoms with Crippen LogP contribution in [-0.2, 0) is 6.54 Å². The van der Waals surface area contributed by atoms with E-state index in [1.807, 2.05) is 0 Å². The number of nitrogens with one attached hydrogen (secondary N) is 2. The predicted octanol–water partition coefficient (Wildman–Crippen LogP) is 2.79. The maximum absolute atomic E-state index is 12.2. The van der Waals surface area contributed by atoms with Crippen LogP contribution in [0.25, 0.3) is 0 Å². The second-order valence-electron chi connectivity index (χ2n) is 6.14. The van der Waals surface area contributed by atoms with Gasteiger partial charge in [-0.3, -0.25) is 9.89 Å². The van der Waals surface area contributed by atoms with Gasteiger partial charge in [-0.25, -0.2) is 4.98 Å². The molecule has 1 atom stereocenters. The number of ether oxygens (including phenoxy) is 1. The number of hydrogen-bond acceptors (Lipinski definition) is 4. The van der Waals surface area contributed by atoms with Gasteiger partial charge in [-0.15, -0.1) is 24.0 Å². The lowest BCUT2D eigenvalue weighted by molar-refractivity contribution is -0.154. The number of guanidine groups is 1. The van der Waals surface area contributed by atoms with E-state index in [0.717, 1.165) is 25.2 Å². The standard InChI is InChI=1S/C17H26F3N5O.HI/c1-3-25-8-4-5-14(25)11-24-16(21-2)23-10-13-6-7-22-15(9-13)26-12-17(18,19)20;/h6-7,9,14H,3-5,8,10-12H2,1-2H3,(H2,21,23,24);1H. The van der Waals surface area contributed by atoms with Gasteiger partial charge in [0.05, 0.1) is 0 Å². The summed E-state index contributed by atoms with van der Waals surface area (Å²) in [5.41, 5.74) is 0.760. The van der Waals surface area contributed by atoms with Crippen molar-refractivity contribution in [2.45, 2.75) is 38.5 Å². The highest BCUT2D eigenvalue weighted by Gasteiger charge is 2.28. The minimum Gasteiger partial charge on any atom is -0.468 e. The van der Waals surface area contributed by atoms with E-state index in [4.69, 9.17) is 0 Å². The first-order valence-corrected chi connectivity index (χ1v) is 8.74. The molecule has 27 heavy (non-hydrogen) atoms. The number of pyridine rings is 1. The third kappa shape index (κ3) is 8.50. The molecule has 2 rings (SSSR count). The number of rotatable bonds is 7. The van der Waals surface area contributed by atoms with Gasteiger partial charge in [0.15, 0.2) is 12.6 Å². The predicted molar refractivity (Wildman–Crippen MR) is 110 cm³/mol. The van der Waals surface area contributed by atoms with Crippen LogP contribution in [0.2, 0.25) is 0 Å². The van der Waals surface area contributed by atoms with Crippen LogP contribution < -0.4 is 15.4 Å². The van der Waals surface area contributed by atoms with Crippen LogP contribution in [0.15, 0.2) is 23.3 Å². The molecule has 2 N–H and O–H groups in total. The summed E-state index contributed by atoms with van der Waals surface area (Å²) in [6.45, 7) is 4.20. The number of aromatic nitrogens is 1. The number of alkyl halides is 3. The highest BCUT2D eigenvalue weighted by atomic mass is 127. The van der Waals surface area contributed by atoms with E-state index in [0.29, 0.717) is 18.5 Å². The van der Waals surface area contributed by atoms with Crippen LogP contribution >= 0.6 is 24.0 Å². The smallest absolute Gasteiger partial charge is 0.422 e. The van der Waals surface area contributed by atoms with E-state index in [-0.39, 0.29) is 29.9 Å². The van der Waals surface area contributed by atoms with Gasteiger partial charge in [-0.05, 0) is 37.6 Å². The lowest BCUT2D eigenvalue weighted by Crippen LogP contribution is -2.44. The maximum atomic E-state index is 12.2. The zero-order valence-corrected chi connectivity index (χ0v) is 17.9. The van der Waals surface area contributed by atoms with E-state index in [1.54, 1.807) is 13.1 Å². The first kappa shape index (κ1) is 23.7. The van der Waals surface area contributed by atoms with Gasteiger partial charge >= 0.3 is 6.18 Å². The number of aliphatic imine (C=N–C) groups is 1. The Morgan fingerprint density at radius 1 is 1.41 bits per heavy atom. The van der Waals surface area contributed by atoms with Crippen LogP contribution in [0.1, 0.15) is 25.3 Å². The molecule has 1 fully saturated rings. The van der Waals surface area contributed by atoms with Gasteiger partial charge in [0, 0.05) is 38.4 Å². The molecule has 0 saturated carbocycles. The second kappa shape index (κ2) is 11.5. The molecule has 1 aromatic heterocycles. The Kier molecular flexibility index (Phi) is 10.1. The van der Waals surface area contributed by atoms with Crippen LogP contribution in [0.4, 0.5) is 13.2 Å². The second-order valence-corrected chi connectivity index (χ2v) is 6.14. The lowest BCUT2D eigenvalue weighted by Gasteiger charge is -2.24. The summed E-state index contributed by atoms with van der Waals surface area (Å²) in [6, 6.07) is 3.71. The SMILES string of the molecule is CCN1CCCC1CNC(=NC)NCc1ccnc(OCC(F)(F)F)c1.I. The Labute approximate surface area is 175 Å². The van der Waals surface area contributed by atoms with Gasteiger partial charge in [0.1, 0.15) is 0 Å². The lowest BCUT2D eigenvalue weighted by atomic mass is 10.2. The normalized spacial score (nSPS) is 18.1. The molecule has 1 aliphatic rings. The summed E-state index contributed by atoms with van der Waals surface area (Å²) < 4.78 is 41.3. The Balaban J connectivity index is 0.00000364. The Bertz CT molecular complexity index is 600. The van der Waals surface area contributed by atoms with Gasteiger partial charge in [0.2, 0.25) is 5.88 Å². The summed E-state index contributed by atoms with van der Waals surface area (Å²) in [4.78, 5) is 10.4. The molecule has 0 amide bonds. The van der Waals surface area contributed by atoms with Crippen molar-refractivity contribution in [3.63, 3.8) is 0 Å². The van der Waals surface area contributed by atoms with Crippen molar-refractivity contribution in [1.29, 1.82) is 0 Å². The molecule has 1 aromatic rings. The van der Waals surface area contributed by atoms with Crippen molar-refractivity contribution in [3.05, 3.63) is 23.9 Å². The quantitative estimate of drug-likeness (QED) is 0.342. The molecule has 1 aliphatic heterocycles. The fourth-order valence-corrected chi connectivity index (χ4v) is 2.96. The van der Waals surface area contributed by atoms with Crippen LogP contribution in [0, 0.1) is 0 Å². The molecule has 6 nitrogen and oxygen atoms in total. The third-order valence-corrected chi connectivity index (χ3v) is 4.28. The average Bonchev–Trinajstić information content (AvgIpc) is 3.07. The Morgan fingerprint density at radius 3 is 2.85 bits per heavy atom. The summed E-state index contributed by atoms with van der Waals surface area (Å²) in [6.07, 6.45) is -0.572. The molecular formula is C17H27F3IN5O.